The van der Waals surface area contributed by atoms with Crippen LogP contribution in [0, 0.1) is 24.2 Å². The molecule has 3 N–H and O–H groups in total. The van der Waals surface area contributed by atoms with Gasteiger partial charge in [0.15, 0.2) is 0 Å². The first-order valence-corrected chi connectivity index (χ1v) is 8.07. The van der Waals surface area contributed by atoms with E-state index in [0.717, 1.165) is 5.56 Å². The number of carboxylic acid groups (broad SMARTS) is 1. The minimum atomic E-state index is -0.769. The Kier molecular flexibility index (Phi) is 4.90. The summed E-state index contributed by atoms with van der Waals surface area (Å²) in [5.74, 6) is -0.998. The largest absolute Gasteiger partial charge is 0.481 e. The number of urea groups is 1. The van der Waals surface area contributed by atoms with Gasteiger partial charge < -0.3 is 15.7 Å². The molecular weight excluding hydrogens is 316 g/mol. The summed E-state index contributed by atoms with van der Waals surface area (Å²) in [7, 11) is 0. The number of para-hydroxylation sites is 1. The molecule has 0 radical (unpaired) electrons. The standard InChI is InChI=1S/C17H23ClN2O3/c1-9-6-5-7-13(18)14(9)20-16(23)19-10(2)11-8-12(15(21)22)17(11,3)4/h5-7,10-12H,8H2,1-4H3,(H,21,22)(H2,19,20,23)/t10?,11-,12+/m0/s1. The van der Waals surface area contributed by atoms with Crippen LogP contribution in [0.5, 0.6) is 0 Å². The van der Waals surface area contributed by atoms with E-state index in [4.69, 9.17) is 11.6 Å². The molecule has 1 aliphatic carbocycles. The quantitative estimate of drug-likeness (QED) is 0.779. The van der Waals surface area contributed by atoms with Gasteiger partial charge in [-0.25, -0.2) is 4.79 Å². The smallest absolute Gasteiger partial charge is 0.319 e. The summed E-state index contributed by atoms with van der Waals surface area (Å²) in [5, 5.41) is 15.4. The molecule has 1 saturated carbocycles. The maximum absolute atomic E-state index is 12.2. The molecular formula is C17H23ClN2O3. The van der Waals surface area contributed by atoms with Crippen molar-refractivity contribution in [3.63, 3.8) is 0 Å². The molecule has 23 heavy (non-hydrogen) atoms. The highest BCUT2D eigenvalue weighted by Gasteiger charge is 2.53. The molecule has 1 fully saturated rings. The molecule has 0 spiro atoms. The molecule has 126 valence electrons. The van der Waals surface area contributed by atoms with Gasteiger partial charge in [-0.2, -0.15) is 0 Å². The van der Waals surface area contributed by atoms with E-state index in [2.05, 4.69) is 10.6 Å². The van der Waals surface area contributed by atoms with Crippen molar-refractivity contribution in [2.24, 2.45) is 17.3 Å². The van der Waals surface area contributed by atoms with Gasteiger partial charge in [-0.05, 0) is 43.2 Å². The van der Waals surface area contributed by atoms with Crippen LogP contribution in [-0.4, -0.2) is 23.1 Å². The van der Waals surface area contributed by atoms with Gasteiger partial charge in [-0.3, -0.25) is 4.79 Å². The fraction of sp³-hybridized carbons (Fsp3) is 0.529. The van der Waals surface area contributed by atoms with E-state index in [1.54, 1.807) is 6.07 Å². The molecule has 3 atom stereocenters. The van der Waals surface area contributed by atoms with Crippen LogP contribution in [0.3, 0.4) is 0 Å². The lowest BCUT2D eigenvalue weighted by Gasteiger charge is -2.52. The summed E-state index contributed by atoms with van der Waals surface area (Å²) in [5.41, 5.74) is 1.14. The second-order valence-electron chi connectivity index (χ2n) is 6.87. The number of carbonyl (C=O) groups is 2. The highest BCUT2D eigenvalue weighted by molar-refractivity contribution is 6.33. The normalized spacial score (nSPS) is 23.5. The number of rotatable bonds is 4. The Morgan fingerprint density at radius 1 is 1.39 bits per heavy atom. The monoisotopic (exact) mass is 338 g/mol. The second kappa shape index (κ2) is 6.40. The molecule has 6 heteroatoms. The maximum Gasteiger partial charge on any atom is 0.319 e. The molecule has 0 bridgehead atoms. The summed E-state index contributed by atoms with van der Waals surface area (Å²) in [6.07, 6.45) is 0.578. The van der Waals surface area contributed by atoms with Crippen molar-refractivity contribution >= 4 is 29.3 Å². The van der Waals surface area contributed by atoms with E-state index in [-0.39, 0.29) is 29.3 Å². The van der Waals surface area contributed by atoms with Crippen LogP contribution in [0.25, 0.3) is 0 Å². The minimum Gasteiger partial charge on any atom is -0.481 e. The average Bonchev–Trinajstić information content (AvgIpc) is 2.41. The van der Waals surface area contributed by atoms with Crippen LogP contribution >= 0.6 is 11.6 Å². The number of aryl methyl sites for hydroxylation is 1. The third-order valence-corrected chi connectivity index (χ3v) is 5.38. The molecule has 1 aromatic rings. The topological polar surface area (TPSA) is 78.4 Å². The molecule has 0 aromatic heterocycles. The third-order valence-electron chi connectivity index (χ3n) is 5.06. The first-order valence-electron chi connectivity index (χ1n) is 7.70. The van der Waals surface area contributed by atoms with Crippen molar-refractivity contribution in [2.45, 2.75) is 40.2 Å². The Morgan fingerprint density at radius 2 is 2.04 bits per heavy atom. The fourth-order valence-electron chi connectivity index (χ4n) is 3.47. The number of carboxylic acids is 1. The van der Waals surface area contributed by atoms with Crippen LogP contribution in [0.4, 0.5) is 10.5 Å². The Balaban J connectivity index is 1.97. The first-order chi connectivity index (χ1) is 10.6. The summed E-state index contributed by atoms with van der Waals surface area (Å²) < 4.78 is 0. The number of aliphatic carboxylic acids is 1. The number of carbonyl (C=O) groups excluding carboxylic acids is 1. The second-order valence-corrected chi connectivity index (χ2v) is 7.28. The SMILES string of the molecule is Cc1cccc(Cl)c1NC(=O)NC(C)[C@@H]1C[C@H](C(=O)O)C1(C)C. The lowest BCUT2D eigenvalue weighted by atomic mass is 9.53. The van der Waals surface area contributed by atoms with Gasteiger partial charge in [-0.1, -0.05) is 37.6 Å². The van der Waals surface area contributed by atoms with Crippen molar-refractivity contribution in [3.8, 4) is 0 Å². The number of hydrogen-bond donors (Lipinski definition) is 3. The van der Waals surface area contributed by atoms with Gasteiger partial charge in [0.05, 0.1) is 16.6 Å². The lowest BCUT2D eigenvalue weighted by molar-refractivity contribution is -0.160. The van der Waals surface area contributed by atoms with Crippen molar-refractivity contribution < 1.29 is 14.7 Å². The number of amides is 2. The van der Waals surface area contributed by atoms with Gasteiger partial charge in [0.25, 0.3) is 0 Å². The van der Waals surface area contributed by atoms with Crippen LogP contribution < -0.4 is 10.6 Å². The zero-order chi connectivity index (χ0) is 17.4. The van der Waals surface area contributed by atoms with Crippen LogP contribution in [0.1, 0.15) is 32.8 Å². The maximum atomic E-state index is 12.2. The predicted octanol–water partition coefficient (Wildman–Crippen LogP) is 3.91. The zero-order valence-corrected chi connectivity index (χ0v) is 14.6. The molecule has 0 heterocycles. The number of halogens is 1. The van der Waals surface area contributed by atoms with Gasteiger partial charge in [0, 0.05) is 6.04 Å². The molecule has 1 aromatic carbocycles. The average molecular weight is 339 g/mol. The predicted molar refractivity (Wildman–Crippen MR) is 90.8 cm³/mol. The van der Waals surface area contributed by atoms with Crippen molar-refractivity contribution in [3.05, 3.63) is 28.8 Å². The molecule has 5 nitrogen and oxygen atoms in total. The molecule has 1 unspecified atom stereocenters. The first kappa shape index (κ1) is 17.6. The van der Waals surface area contributed by atoms with Crippen molar-refractivity contribution in [1.82, 2.24) is 5.32 Å². The summed E-state index contributed by atoms with van der Waals surface area (Å²) >= 11 is 6.10. The Bertz CT molecular complexity index is 610. The Morgan fingerprint density at radius 3 is 2.57 bits per heavy atom. The number of nitrogens with one attached hydrogen (secondary N) is 2. The summed E-state index contributed by atoms with van der Waals surface area (Å²) in [4.78, 5) is 23.4. The van der Waals surface area contributed by atoms with E-state index < -0.39 is 5.97 Å². The molecule has 0 saturated heterocycles. The van der Waals surface area contributed by atoms with E-state index >= 15 is 0 Å². The highest BCUT2D eigenvalue weighted by atomic mass is 35.5. The number of benzene rings is 1. The van der Waals surface area contributed by atoms with E-state index in [9.17, 15) is 14.7 Å². The molecule has 2 rings (SSSR count). The van der Waals surface area contributed by atoms with Crippen molar-refractivity contribution in [1.29, 1.82) is 0 Å². The fourth-order valence-corrected chi connectivity index (χ4v) is 3.74. The van der Waals surface area contributed by atoms with E-state index in [1.807, 2.05) is 39.8 Å². The highest BCUT2D eigenvalue weighted by Crippen LogP contribution is 2.52. The van der Waals surface area contributed by atoms with Gasteiger partial charge in [-0.15, -0.1) is 0 Å². The molecule has 1 aliphatic rings. The van der Waals surface area contributed by atoms with Crippen LogP contribution in [0.2, 0.25) is 5.02 Å². The number of hydrogen-bond acceptors (Lipinski definition) is 2. The third kappa shape index (κ3) is 3.44. The van der Waals surface area contributed by atoms with Gasteiger partial charge in [0.2, 0.25) is 0 Å². The zero-order valence-electron chi connectivity index (χ0n) is 13.8. The van der Waals surface area contributed by atoms with Crippen molar-refractivity contribution in [2.75, 3.05) is 5.32 Å². The minimum absolute atomic E-state index is 0.122. The van der Waals surface area contributed by atoms with E-state index in [0.29, 0.717) is 17.1 Å². The van der Waals surface area contributed by atoms with Crippen LogP contribution in [-0.2, 0) is 4.79 Å². The lowest BCUT2D eigenvalue weighted by Crippen LogP contribution is -2.57. The van der Waals surface area contributed by atoms with Crippen LogP contribution in [0.15, 0.2) is 18.2 Å². The van der Waals surface area contributed by atoms with E-state index in [1.165, 1.54) is 0 Å². The van der Waals surface area contributed by atoms with Gasteiger partial charge in [0.1, 0.15) is 0 Å². The number of anilines is 1. The Hall–Kier alpha value is -1.75. The Labute approximate surface area is 141 Å². The molecule has 2 amide bonds. The van der Waals surface area contributed by atoms with Gasteiger partial charge >= 0.3 is 12.0 Å². The summed E-state index contributed by atoms with van der Waals surface area (Å²) in [6, 6.07) is 4.97. The summed E-state index contributed by atoms with van der Waals surface area (Å²) in [6.45, 7) is 7.66. The molecule has 0 aliphatic heterocycles.